The van der Waals surface area contributed by atoms with Crippen LogP contribution >= 0.6 is 0 Å². The lowest BCUT2D eigenvalue weighted by atomic mass is 9.89. The lowest BCUT2D eigenvalue weighted by Gasteiger charge is -2.28. The molecule has 0 spiro atoms. The first-order chi connectivity index (χ1) is 13.6. The fourth-order valence-corrected chi connectivity index (χ4v) is 4.22. The molecule has 3 heterocycles. The summed E-state index contributed by atoms with van der Waals surface area (Å²) in [6, 6.07) is 9.94. The number of benzene rings is 1. The Bertz CT molecular complexity index is 862. The third kappa shape index (κ3) is 4.36. The van der Waals surface area contributed by atoms with E-state index in [0.717, 1.165) is 12.8 Å². The average Bonchev–Trinajstić information content (AvgIpc) is 3.02. The van der Waals surface area contributed by atoms with Gasteiger partial charge < -0.3 is 16.0 Å². The van der Waals surface area contributed by atoms with Gasteiger partial charge in [0, 0.05) is 24.7 Å². The SMILES string of the molecule is O=C(CC1CC2CCC(C1)N2)Nc1cc(F)ccc1NC(=O)c1ccccn1. The molecule has 146 valence electrons. The third-order valence-electron chi connectivity index (χ3n) is 5.45. The van der Waals surface area contributed by atoms with Crippen molar-refractivity contribution in [1.82, 2.24) is 10.3 Å². The number of fused-ring (bicyclic) bond motifs is 2. The zero-order valence-electron chi connectivity index (χ0n) is 15.5. The van der Waals surface area contributed by atoms with Crippen molar-refractivity contribution in [2.75, 3.05) is 10.6 Å². The van der Waals surface area contributed by atoms with Gasteiger partial charge in [0.25, 0.3) is 5.91 Å². The van der Waals surface area contributed by atoms with E-state index in [0.29, 0.717) is 30.1 Å². The van der Waals surface area contributed by atoms with E-state index in [-0.39, 0.29) is 17.3 Å². The molecule has 3 N–H and O–H groups in total. The topological polar surface area (TPSA) is 83.1 Å². The normalized spacial score (nSPS) is 23.2. The molecular weight excluding hydrogens is 359 g/mol. The summed E-state index contributed by atoms with van der Waals surface area (Å²) in [6.07, 6.45) is 6.27. The van der Waals surface area contributed by atoms with Gasteiger partial charge in [0.05, 0.1) is 11.4 Å². The smallest absolute Gasteiger partial charge is 0.274 e. The van der Waals surface area contributed by atoms with Crippen molar-refractivity contribution in [2.45, 2.75) is 44.2 Å². The van der Waals surface area contributed by atoms with Crippen molar-refractivity contribution in [3.05, 3.63) is 54.1 Å². The molecular formula is C21H23FN4O2. The molecule has 2 amide bonds. The van der Waals surface area contributed by atoms with Gasteiger partial charge in [0.2, 0.25) is 5.91 Å². The van der Waals surface area contributed by atoms with E-state index in [2.05, 4.69) is 20.9 Å². The minimum Gasteiger partial charge on any atom is -0.324 e. The van der Waals surface area contributed by atoms with Crippen LogP contribution in [0.25, 0.3) is 0 Å². The number of aromatic nitrogens is 1. The van der Waals surface area contributed by atoms with Gasteiger partial charge in [0.1, 0.15) is 11.5 Å². The lowest BCUT2D eigenvalue weighted by molar-refractivity contribution is -0.117. The predicted molar refractivity (Wildman–Crippen MR) is 105 cm³/mol. The van der Waals surface area contributed by atoms with Crippen LogP contribution in [0.2, 0.25) is 0 Å². The number of pyridine rings is 1. The Morgan fingerprint density at radius 3 is 2.57 bits per heavy atom. The Morgan fingerprint density at radius 2 is 1.86 bits per heavy atom. The Kier molecular flexibility index (Phi) is 5.34. The molecule has 6 nitrogen and oxygen atoms in total. The highest BCUT2D eigenvalue weighted by atomic mass is 19.1. The van der Waals surface area contributed by atoms with E-state index in [1.165, 1.54) is 37.2 Å². The molecule has 2 saturated heterocycles. The summed E-state index contributed by atoms with van der Waals surface area (Å²) in [5.41, 5.74) is 0.844. The standard InChI is InChI=1S/C21H23FN4O2/c22-14-4-7-17(26-21(28)18-3-1-2-8-23-18)19(12-14)25-20(27)11-13-9-15-5-6-16(10-13)24-15/h1-4,7-8,12-13,15-16,24H,5-6,9-11H2,(H,25,27)(H,26,28). The second-order valence-corrected chi connectivity index (χ2v) is 7.59. The zero-order chi connectivity index (χ0) is 19.5. The minimum atomic E-state index is -0.481. The van der Waals surface area contributed by atoms with Gasteiger partial charge in [-0.1, -0.05) is 6.07 Å². The Balaban J connectivity index is 1.42. The lowest BCUT2D eigenvalue weighted by Crippen LogP contribution is -2.39. The number of nitrogens with zero attached hydrogens (tertiary/aromatic N) is 1. The van der Waals surface area contributed by atoms with E-state index in [1.807, 2.05) is 0 Å². The molecule has 0 aliphatic carbocycles. The van der Waals surface area contributed by atoms with Crippen molar-refractivity contribution in [2.24, 2.45) is 5.92 Å². The molecule has 2 unspecified atom stereocenters. The summed E-state index contributed by atoms with van der Waals surface area (Å²) in [5.74, 6) is -0.729. The molecule has 28 heavy (non-hydrogen) atoms. The zero-order valence-corrected chi connectivity index (χ0v) is 15.5. The van der Waals surface area contributed by atoms with Crippen LogP contribution in [-0.4, -0.2) is 28.9 Å². The first-order valence-electron chi connectivity index (χ1n) is 9.64. The quantitative estimate of drug-likeness (QED) is 0.741. The molecule has 2 aliphatic heterocycles. The van der Waals surface area contributed by atoms with Crippen LogP contribution in [0.4, 0.5) is 15.8 Å². The van der Waals surface area contributed by atoms with Gasteiger partial charge in [-0.15, -0.1) is 0 Å². The summed E-state index contributed by atoms with van der Waals surface area (Å²) in [4.78, 5) is 28.9. The number of piperidine rings is 1. The summed E-state index contributed by atoms with van der Waals surface area (Å²) in [5, 5.41) is 9.03. The van der Waals surface area contributed by atoms with Gasteiger partial charge >= 0.3 is 0 Å². The Morgan fingerprint density at radius 1 is 1.07 bits per heavy atom. The molecule has 2 atom stereocenters. The van der Waals surface area contributed by atoms with Gasteiger partial charge in [0.15, 0.2) is 0 Å². The molecule has 1 aromatic heterocycles. The fraction of sp³-hybridized carbons (Fsp3) is 0.381. The summed E-state index contributed by atoms with van der Waals surface area (Å²) in [6.45, 7) is 0. The molecule has 2 aromatic rings. The number of anilines is 2. The molecule has 2 aliphatic rings. The van der Waals surface area contributed by atoms with E-state index >= 15 is 0 Å². The van der Waals surface area contributed by atoms with Crippen LogP contribution in [0, 0.1) is 11.7 Å². The average molecular weight is 382 g/mol. The summed E-state index contributed by atoms with van der Waals surface area (Å²) < 4.78 is 13.7. The minimum absolute atomic E-state index is 0.162. The van der Waals surface area contributed by atoms with Crippen molar-refractivity contribution < 1.29 is 14.0 Å². The fourth-order valence-electron chi connectivity index (χ4n) is 4.22. The number of hydrogen-bond acceptors (Lipinski definition) is 4. The highest BCUT2D eigenvalue weighted by Gasteiger charge is 2.34. The molecule has 2 bridgehead atoms. The number of carbonyl (C=O) groups is 2. The number of hydrogen-bond donors (Lipinski definition) is 3. The van der Waals surface area contributed by atoms with E-state index < -0.39 is 11.7 Å². The predicted octanol–water partition coefficient (Wildman–Crippen LogP) is 3.33. The van der Waals surface area contributed by atoms with Crippen molar-refractivity contribution in [3.8, 4) is 0 Å². The highest BCUT2D eigenvalue weighted by molar-refractivity contribution is 6.06. The van der Waals surface area contributed by atoms with Crippen molar-refractivity contribution in [3.63, 3.8) is 0 Å². The summed E-state index contributed by atoms with van der Waals surface area (Å²) in [7, 11) is 0. The van der Waals surface area contributed by atoms with Gasteiger partial charge in [-0.25, -0.2) is 4.39 Å². The van der Waals surface area contributed by atoms with Crippen molar-refractivity contribution in [1.29, 1.82) is 0 Å². The van der Waals surface area contributed by atoms with E-state index in [9.17, 15) is 14.0 Å². The van der Waals surface area contributed by atoms with Crippen LogP contribution in [0.5, 0.6) is 0 Å². The number of amides is 2. The first-order valence-corrected chi connectivity index (χ1v) is 9.64. The monoisotopic (exact) mass is 382 g/mol. The molecule has 0 saturated carbocycles. The molecule has 0 radical (unpaired) electrons. The number of rotatable bonds is 5. The maximum absolute atomic E-state index is 13.7. The second kappa shape index (κ2) is 8.06. The number of halogens is 1. The van der Waals surface area contributed by atoms with Crippen LogP contribution < -0.4 is 16.0 Å². The maximum atomic E-state index is 13.7. The summed E-state index contributed by atoms with van der Waals surface area (Å²) >= 11 is 0. The first kappa shape index (κ1) is 18.6. The largest absolute Gasteiger partial charge is 0.324 e. The molecule has 2 fully saturated rings. The maximum Gasteiger partial charge on any atom is 0.274 e. The highest BCUT2D eigenvalue weighted by Crippen LogP contribution is 2.33. The van der Waals surface area contributed by atoms with Gasteiger partial charge in [-0.3, -0.25) is 14.6 Å². The Hall–Kier alpha value is -2.80. The molecule has 7 heteroatoms. The Labute approximate surface area is 162 Å². The van der Waals surface area contributed by atoms with E-state index in [1.54, 1.807) is 18.2 Å². The van der Waals surface area contributed by atoms with Crippen LogP contribution in [0.1, 0.15) is 42.6 Å². The van der Waals surface area contributed by atoms with Crippen LogP contribution in [0.15, 0.2) is 42.6 Å². The van der Waals surface area contributed by atoms with Crippen molar-refractivity contribution >= 4 is 23.2 Å². The second-order valence-electron chi connectivity index (χ2n) is 7.59. The molecule has 4 rings (SSSR count). The van der Waals surface area contributed by atoms with Gasteiger partial charge in [-0.05, 0) is 61.9 Å². The molecule has 1 aromatic carbocycles. The number of nitrogens with one attached hydrogen (secondary N) is 3. The third-order valence-corrected chi connectivity index (χ3v) is 5.45. The van der Waals surface area contributed by atoms with Crippen LogP contribution in [-0.2, 0) is 4.79 Å². The number of carbonyl (C=O) groups excluding carboxylic acids is 2. The van der Waals surface area contributed by atoms with Crippen LogP contribution in [0.3, 0.4) is 0 Å². The van der Waals surface area contributed by atoms with Gasteiger partial charge in [-0.2, -0.15) is 0 Å². The van der Waals surface area contributed by atoms with E-state index in [4.69, 9.17) is 0 Å².